The van der Waals surface area contributed by atoms with E-state index in [1.807, 2.05) is 51.3 Å². The van der Waals surface area contributed by atoms with Crippen LogP contribution in [0.3, 0.4) is 0 Å². The molecule has 1 aromatic heterocycles. The Morgan fingerprint density at radius 2 is 1.95 bits per heavy atom. The van der Waals surface area contributed by atoms with Gasteiger partial charge in [0.25, 0.3) is 0 Å². The zero-order valence-electron chi connectivity index (χ0n) is 23.3. The predicted octanol–water partition coefficient (Wildman–Crippen LogP) is 2.74. The van der Waals surface area contributed by atoms with Crippen molar-refractivity contribution in [3.8, 4) is 5.75 Å². The first kappa shape index (κ1) is 27.1. The number of aromatic nitrogens is 1. The molecule has 8 heteroatoms. The predicted molar refractivity (Wildman–Crippen MR) is 150 cm³/mol. The topological polar surface area (TPSA) is 121 Å². The van der Waals surface area contributed by atoms with Crippen LogP contribution in [0.1, 0.15) is 47.4 Å². The first-order chi connectivity index (χ1) is 18.4. The average molecular weight is 531 g/mol. The fourth-order valence-electron chi connectivity index (χ4n) is 7.30. The number of likely N-dealkylation sites (N-methyl/N-ethyl adjacent to an activating group) is 1. The lowest BCUT2D eigenvalue weighted by Crippen LogP contribution is -2.62. The van der Waals surface area contributed by atoms with Gasteiger partial charge in [-0.25, -0.2) is 0 Å². The summed E-state index contributed by atoms with van der Waals surface area (Å²) in [5.74, 6) is -1.54. The Bertz CT molecular complexity index is 1460. The van der Waals surface area contributed by atoms with E-state index in [1.54, 1.807) is 13.0 Å². The molecule has 0 saturated heterocycles. The molecule has 0 aliphatic heterocycles. The van der Waals surface area contributed by atoms with Gasteiger partial charge in [0.1, 0.15) is 5.75 Å². The van der Waals surface area contributed by atoms with E-state index in [-0.39, 0.29) is 40.3 Å². The number of carbonyl (C=O) groups is 2. The summed E-state index contributed by atoms with van der Waals surface area (Å²) in [6, 6.07) is 7.23. The molecule has 4 atom stereocenters. The highest BCUT2D eigenvalue weighted by Gasteiger charge is 2.59. The van der Waals surface area contributed by atoms with Crippen molar-refractivity contribution in [3.63, 3.8) is 0 Å². The Kier molecular flexibility index (Phi) is 6.69. The molecule has 0 fully saturated rings. The first-order valence-electron chi connectivity index (χ1n) is 13.4. The summed E-state index contributed by atoms with van der Waals surface area (Å²) in [5, 5.41) is 26.4. The van der Waals surface area contributed by atoms with Gasteiger partial charge in [-0.15, -0.1) is 0 Å². The Balaban J connectivity index is 1.57. The van der Waals surface area contributed by atoms with Crippen LogP contribution in [-0.2, 0) is 31.4 Å². The van der Waals surface area contributed by atoms with Crippen molar-refractivity contribution >= 4 is 11.6 Å². The molecule has 0 saturated carbocycles. The first-order valence-corrected chi connectivity index (χ1v) is 13.4. The number of aromatic hydroxyl groups is 1. The highest BCUT2D eigenvalue weighted by molar-refractivity contribution is 6.16. The summed E-state index contributed by atoms with van der Waals surface area (Å²) in [6.45, 7) is 8.58. The number of allylic oxidation sites excluding steroid dienone is 2. The van der Waals surface area contributed by atoms with Crippen molar-refractivity contribution in [1.82, 2.24) is 14.8 Å². The minimum atomic E-state index is -1.88. The second-order valence-electron chi connectivity index (χ2n) is 11.5. The van der Waals surface area contributed by atoms with Gasteiger partial charge < -0.3 is 30.7 Å². The fraction of sp³-hybridized carbons (Fsp3) is 0.419. The molecule has 2 aromatic rings. The number of benzene rings is 1. The number of ketones is 2. The normalized spacial score (nSPS) is 26.6. The number of hydrogen-bond donors (Lipinski definition) is 4. The number of Topliss-reactive ketones (excluding diaryl/α,β-unsaturated/α-hetero) is 2. The highest BCUT2D eigenvalue weighted by Crippen LogP contribution is 2.53. The van der Waals surface area contributed by atoms with Gasteiger partial charge in [-0.05, 0) is 87.2 Å². The molecule has 5 N–H and O–H groups in total. The second kappa shape index (κ2) is 9.62. The van der Waals surface area contributed by atoms with Crippen molar-refractivity contribution in [2.24, 2.45) is 24.6 Å². The lowest BCUT2D eigenvalue weighted by molar-refractivity contribution is -0.140. The minimum absolute atomic E-state index is 0.0815. The molecule has 39 heavy (non-hydrogen) atoms. The zero-order chi connectivity index (χ0) is 28.4. The van der Waals surface area contributed by atoms with Gasteiger partial charge in [0.15, 0.2) is 11.4 Å². The van der Waals surface area contributed by atoms with Crippen molar-refractivity contribution in [2.45, 2.75) is 51.4 Å². The van der Waals surface area contributed by atoms with Gasteiger partial charge in [0.05, 0.1) is 5.56 Å². The molecular formula is C31H38N4O4. The monoisotopic (exact) mass is 530 g/mol. The van der Waals surface area contributed by atoms with E-state index < -0.39 is 17.3 Å². The number of nitrogens with one attached hydrogen (secondary N) is 1. The number of hydrogen-bond acceptors (Lipinski definition) is 7. The lowest BCUT2D eigenvalue weighted by atomic mass is 9.55. The number of aryl methyl sites for hydroxylation is 1. The van der Waals surface area contributed by atoms with Crippen LogP contribution in [0.25, 0.3) is 0 Å². The molecule has 3 aliphatic rings. The number of nitrogens with zero attached hydrogens (tertiary/aromatic N) is 2. The Hall–Kier alpha value is -3.46. The van der Waals surface area contributed by atoms with Crippen LogP contribution < -0.4 is 11.1 Å². The van der Waals surface area contributed by atoms with Gasteiger partial charge in [0, 0.05) is 60.8 Å². The molecule has 0 amide bonds. The Labute approximate surface area is 229 Å². The lowest BCUT2D eigenvalue weighted by Gasteiger charge is -2.52. The summed E-state index contributed by atoms with van der Waals surface area (Å²) in [6.07, 6.45) is 3.00. The summed E-state index contributed by atoms with van der Waals surface area (Å²) in [4.78, 5) is 29.9. The summed E-state index contributed by atoms with van der Waals surface area (Å²) in [7, 11) is 5.84. The molecule has 206 valence electrons. The molecule has 0 bridgehead atoms. The summed E-state index contributed by atoms with van der Waals surface area (Å²) < 4.78 is 2.06. The SMILES string of the molecule is C=C(N)C1=C(C)[C@@H](N(C)C)[C@@H]2C[C@@H]3Cc4c(CNCc5cccn5C)ccc(O)c4C(=O)C3=C(C)[C@]2(O)C1=O. The molecule has 5 rings (SSSR count). The van der Waals surface area contributed by atoms with E-state index in [2.05, 4.69) is 22.5 Å². The molecule has 0 radical (unpaired) electrons. The van der Waals surface area contributed by atoms with Crippen LogP contribution in [0.5, 0.6) is 5.75 Å². The maximum absolute atomic E-state index is 14.0. The van der Waals surface area contributed by atoms with Crippen molar-refractivity contribution in [1.29, 1.82) is 0 Å². The molecule has 0 spiro atoms. The van der Waals surface area contributed by atoms with Crippen LogP contribution in [0.4, 0.5) is 0 Å². The zero-order valence-corrected chi connectivity index (χ0v) is 23.3. The van der Waals surface area contributed by atoms with Crippen LogP contribution in [0.2, 0.25) is 0 Å². The minimum Gasteiger partial charge on any atom is -0.507 e. The van der Waals surface area contributed by atoms with E-state index in [0.717, 1.165) is 22.4 Å². The number of nitrogens with two attached hydrogens (primary N) is 1. The van der Waals surface area contributed by atoms with E-state index in [0.29, 0.717) is 37.1 Å². The van der Waals surface area contributed by atoms with Gasteiger partial charge in [-0.3, -0.25) is 9.59 Å². The summed E-state index contributed by atoms with van der Waals surface area (Å²) >= 11 is 0. The largest absolute Gasteiger partial charge is 0.507 e. The number of aliphatic hydroxyl groups is 1. The Morgan fingerprint density at radius 3 is 2.56 bits per heavy atom. The van der Waals surface area contributed by atoms with E-state index in [1.165, 1.54) is 0 Å². The van der Waals surface area contributed by atoms with Crippen molar-refractivity contribution < 1.29 is 19.8 Å². The van der Waals surface area contributed by atoms with Crippen LogP contribution in [-0.4, -0.2) is 57.0 Å². The number of fused-ring (bicyclic) bond motifs is 3. The van der Waals surface area contributed by atoms with E-state index >= 15 is 0 Å². The third-order valence-electron chi connectivity index (χ3n) is 9.11. The van der Waals surface area contributed by atoms with Crippen LogP contribution >= 0.6 is 0 Å². The van der Waals surface area contributed by atoms with Crippen LogP contribution in [0, 0.1) is 11.8 Å². The molecule has 8 nitrogen and oxygen atoms in total. The molecule has 0 unspecified atom stereocenters. The number of phenolic OH excluding ortho intramolecular Hbond substituents is 1. The molecule has 1 aromatic carbocycles. The number of phenols is 1. The maximum Gasteiger partial charge on any atom is 0.200 e. The van der Waals surface area contributed by atoms with E-state index in [9.17, 15) is 19.8 Å². The van der Waals surface area contributed by atoms with Gasteiger partial charge in [0.2, 0.25) is 5.78 Å². The number of rotatable bonds is 6. The van der Waals surface area contributed by atoms with Crippen LogP contribution in [0.15, 0.2) is 65.0 Å². The highest BCUT2D eigenvalue weighted by atomic mass is 16.3. The van der Waals surface area contributed by atoms with Gasteiger partial charge in [-0.2, -0.15) is 0 Å². The molecule has 3 aliphatic carbocycles. The third-order valence-corrected chi connectivity index (χ3v) is 9.11. The number of carbonyl (C=O) groups excluding carboxylic acids is 2. The Morgan fingerprint density at radius 1 is 1.23 bits per heavy atom. The third kappa shape index (κ3) is 4.01. The van der Waals surface area contributed by atoms with Gasteiger partial charge in [-0.1, -0.05) is 12.6 Å². The van der Waals surface area contributed by atoms with E-state index in [4.69, 9.17) is 5.73 Å². The smallest absolute Gasteiger partial charge is 0.200 e. The fourth-order valence-corrected chi connectivity index (χ4v) is 7.30. The second-order valence-corrected chi connectivity index (χ2v) is 11.5. The maximum atomic E-state index is 14.0. The average Bonchev–Trinajstić information content (AvgIpc) is 3.26. The van der Waals surface area contributed by atoms with Crippen molar-refractivity contribution in [3.05, 3.63) is 87.4 Å². The quantitative estimate of drug-likeness (QED) is 0.453. The standard InChI is InChI=1S/C31H38N4O4/c1-16-25(18(3)32)30(38)31(39)17(2)26-20(13-23(31)28(16)34(4)5)12-22-19(9-10-24(36)27(22)29(26)37)14-33-15-21-8-7-11-35(21)6/h7-11,20,23,28,33,36,39H,3,12-15,32H2,1-2,4-6H3/t20-,23-,28+,31+/m0/s1. The molecule has 1 heterocycles. The van der Waals surface area contributed by atoms with Crippen molar-refractivity contribution in [2.75, 3.05) is 14.1 Å². The summed E-state index contributed by atoms with van der Waals surface area (Å²) in [5.41, 5.74) is 9.30. The van der Waals surface area contributed by atoms with Gasteiger partial charge >= 0.3 is 0 Å². The molecular weight excluding hydrogens is 492 g/mol.